The van der Waals surface area contributed by atoms with Crippen molar-refractivity contribution in [2.45, 2.75) is 70.9 Å². The number of benzene rings is 1. The Morgan fingerprint density at radius 2 is 1.95 bits per heavy atom. The lowest BCUT2D eigenvalue weighted by Gasteiger charge is -2.60. The van der Waals surface area contributed by atoms with Crippen LogP contribution < -0.4 is 20.7 Å². The SMILES string of the molecule is COc1cc(CCNc2ncc(C#N)c(NC[C@]34CC5C[C@H](C3)[C@@H](NC(=O)OC(C)(C)C)[C@@H](C5)C4)n2)ccc1O. The fourth-order valence-electron chi connectivity index (χ4n) is 7.24. The van der Waals surface area contributed by atoms with Crippen molar-refractivity contribution < 1.29 is 19.4 Å². The molecule has 1 amide bonds. The molecule has 2 aromatic rings. The minimum absolute atomic E-state index is 0.110. The minimum Gasteiger partial charge on any atom is -0.504 e. The van der Waals surface area contributed by atoms with Crippen molar-refractivity contribution in [2.75, 3.05) is 30.8 Å². The Labute approximate surface area is 235 Å². The molecule has 1 heterocycles. The Balaban J connectivity index is 1.20. The standard InChI is InChI=1S/C30H40N6O4/c1-29(2,3)40-28(38)35-25-20-9-19-10-21(25)14-30(12-19,13-20)17-34-26-22(15-31)16-33-27(36-26)32-8-7-18-5-6-23(37)24(11-18)39-4/h5-6,11,16,19-21,25,37H,7-10,12-14,17H2,1-4H3,(H,35,38)(H2,32,33,34,36)/t19?,20-,21+,25-,30-. The number of carbonyl (C=O) groups excluding carboxylic acids is 1. The molecule has 4 bridgehead atoms. The number of amides is 1. The van der Waals surface area contributed by atoms with Crippen LogP contribution in [0.2, 0.25) is 0 Å². The highest BCUT2D eigenvalue weighted by atomic mass is 16.6. The number of ether oxygens (including phenoxy) is 2. The molecule has 10 heteroatoms. The highest BCUT2D eigenvalue weighted by molar-refractivity contribution is 5.68. The second-order valence-electron chi connectivity index (χ2n) is 12.7. The molecule has 1 aromatic carbocycles. The Morgan fingerprint density at radius 1 is 1.20 bits per heavy atom. The predicted molar refractivity (Wildman–Crippen MR) is 151 cm³/mol. The van der Waals surface area contributed by atoms with Crippen LogP contribution in [0.3, 0.4) is 0 Å². The Kier molecular flexibility index (Phi) is 7.67. The van der Waals surface area contributed by atoms with Gasteiger partial charge >= 0.3 is 6.09 Å². The quantitative estimate of drug-likeness (QED) is 0.346. The fraction of sp³-hybridized carbons (Fsp3) is 0.600. The van der Waals surface area contributed by atoms with Crippen molar-refractivity contribution in [1.29, 1.82) is 5.26 Å². The number of aromatic nitrogens is 2. The number of nitrogens with one attached hydrogen (secondary N) is 3. The van der Waals surface area contributed by atoms with Gasteiger partial charge in [-0.1, -0.05) is 6.07 Å². The molecule has 1 unspecified atom stereocenters. The second-order valence-corrected chi connectivity index (χ2v) is 12.7. The summed E-state index contributed by atoms with van der Waals surface area (Å²) in [7, 11) is 1.53. The van der Waals surface area contributed by atoms with Crippen LogP contribution in [0.4, 0.5) is 16.6 Å². The summed E-state index contributed by atoms with van der Waals surface area (Å²) in [4.78, 5) is 21.5. The summed E-state index contributed by atoms with van der Waals surface area (Å²) in [6.45, 7) is 7.00. The molecule has 1 aromatic heterocycles. The summed E-state index contributed by atoms with van der Waals surface area (Å²) < 4.78 is 10.7. The molecular weight excluding hydrogens is 508 g/mol. The van der Waals surface area contributed by atoms with E-state index in [-0.39, 0.29) is 23.3 Å². The van der Waals surface area contributed by atoms with E-state index in [1.807, 2.05) is 32.9 Å². The maximum absolute atomic E-state index is 12.5. The van der Waals surface area contributed by atoms with Crippen molar-refractivity contribution >= 4 is 17.9 Å². The molecule has 0 aliphatic heterocycles. The highest BCUT2D eigenvalue weighted by Gasteiger charge is 2.55. The predicted octanol–water partition coefficient (Wildman–Crippen LogP) is 4.85. The van der Waals surface area contributed by atoms with Gasteiger partial charge in [-0.05, 0) is 100 Å². The zero-order valence-electron chi connectivity index (χ0n) is 23.8. The number of hydrogen-bond acceptors (Lipinski definition) is 9. The number of aromatic hydroxyl groups is 1. The molecule has 4 saturated carbocycles. The minimum atomic E-state index is -0.510. The Bertz CT molecular complexity index is 1270. The zero-order valence-corrected chi connectivity index (χ0v) is 23.8. The van der Waals surface area contributed by atoms with E-state index in [0.29, 0.717) is 53.8 Å². The van der Waals surface area contributed by atoms with Crippen LogP contribution >= 0.6 is 0 Å². The molecule has 10 nitrogen and oxygen atoms in total. The van der Waals surface area contributed by atoms with Gasteiger partial charge in [-0.15, -0.1) is 0 Å². The van der Waals surface area contributed by atoms with Crippen molar-refractivity contribution in [3.63, 3.8) is 0 Å². The summed E-state index contributed by atoms with van der Waals surface area (Å²) in [5.41, 5.74) is 1.05. The van der Waals surface area contributed by atoms with Gasteiger partial charge in [-0.25, -0.2) is 9.78 Å². The van der Waals surface area contributed by atoms with E-state index in [0.717, 1.165) is 37.8 Å². The summed E-state index contributed by atoms with van der Waals surface area (Å²) in [6, 6.07) is 7.66. The Hall–Kier alpha value is -3.74. The van der Waals surface area contributed by atoms with Gasteiger partial charge in [0.1, 0.15) is 23.1 Å². The van der Waals surface area contributed by atoms with Gasteiger partial charge < -0.3 is 30.5 Å². The number of methoxy groups -OCH3 is 1. The molecule has 0 radical (unpaired) electrons. The lowest BCUT2D eigenvalue weighted by Crippen LogP contribution is -2.60. The molecule has 4 aliphatic carbocycles. The molecule has 6 rings (SSSR count). The van der Waals surface area contributed by atoms with Crippen molar-refractivity contribution in [1.82, 2.24) is 15.3 Å². The van der Waals surface area contributed by atoms with Gasteiger partial charge in [-0.3, -0.25) is 0 Å². The average molecular weight is 549 g/mol. The van der Waals surface area contributed by atoms with Gasteiger partial charge in [0.2, 0.25) is 5.95 Å². The van der Waals surface area contributed by atoms with Gasteiger partial charge in [0.05, 0.1) is 13.3 Å². The molecule has 4 fully saturated rings. The van der Waals surface area contributed by atoms with E-state index in [4.69, 9.17) is 9.47 Å². The van der Waals surface area contributed by atoms with E-state index in [1.54, 1.807) is 12.3 Å². The summed E-state index contributed by atoms with van der Waals surface area (Å²) in [5, 5.41) is 29.4. The third kappa shape index (κ3) is 6.19. The number of anilines is 2. The lowest BCUT2D eigenvalue weighted by molar-refractivity contribution is -0.0703. The summed E-state index contributed by atoms with van der Waals surface area (Å²) in [5.74, 6) is 3.11. The number of hydrogen-bond donors (Lipinski definition) is 4. The largest absolute Gasteiger partial charge is 0.504 e. The number of rotatable bonds is 9. The van der Waals surface area contributed by atoms with Crippen LogP contribution in [0.25, 0.3) is 0 Å². The van der Waals surface area contributed by atoms with Gasteiger partial charge in [0, 0.05) is 19.1 Å². The van der Waals surface area contributed by atoms with Crippen LogP contribution in [0.1, 0.15) is 64.0 Å². The van der Waals surface area contributed by atoms with Crippen LogP contribution in [0.5, 0.6) is 11.5 Å². The normalized spacial score (nSPS) is 26.6. The van der Waals surface area contributed by atoms with Gasteiger partial charge in [0.25, 0.3) is 0 Å². The number of phenols is 1. The Morgan fingerprint density at radius 3 is 2.62 bits per heavy atom. The van der Waals surface area contributed by atoms with Crippen molar-refractivity contribution in [3.8, 4) is 17.6 Å². The number of alkyl carbamates (subject to hydrolysis) is 1. The molecule has 5 atom stereocenters. The smallest absolute Gasteiger partial charge is 0.407 e. The van der Waals surface area contributed by atoms with E-state index in [9.17, 15) is 15.2 Å². The molecule has 0 spiro atoms. The van der Waals surface area contributed by atoms with Gasteiger partial charge in [0.15, 0.2) is 11.5 Å². The first kappa shape index (κ1) is 27.8. The first-order valence-electron chi connectivity index (χ1n) is 14.2. The third-order valence-corrected chi connectivity index (χ3v) is 8.56. The first-order valence-corrected chi connectivity index (χ1v) is 14.2. The number of nitriles is 1. The van der Waals surface area contributed by atoms with Crippen LogP contribution in [0, 0.1) is 34.5 Å². The summed E-state index contributed by atoms with van der Waals surface area (Å²) in [6.07, 6.45) is 7.48. The van der Waals surface area contributed by atoms with Crippen LogP contribution in [0.15, 0.2) is 24.4 Å². The fourth-order valence-corrected chi connectivity index (χ4v) is 7.24. The molecule has 214 valence electrons. The van der Waals surface area contributed by atoms with E-state index in [1.165, 1.54) is 13.5 Å². The van der Waals surface area contributed by atoms with E-state index < -0.39 is 5.60 Å². The topological polar surface area (TPSA) is 141 Å². The van der Waals surface area contributed by atoms with Crippen molar-refractivity contribution in [2.24, 2.45) is 23.2 Å². The number of carbonyl (C=O) groups is 1. The molecule has 4 aliphatic rings. The number of nitrogens with zero attached hydrogens (tertiary/aromatic N) is 3. The monoisotopic (exact) mass is 548 g/mol. The van der Waals surface area contributed by atoms with Crippen molar-refractivity contribution in [3.05, 3.63) is 35.5 Å². The van der Waals surface area contributed by atoms with Crippen LogP contribution in [-0.2, 0) is 11.2 Å². The van der Waals surface area contributed by atoms with E-state index in [2.05, 4.69) is 32.0 Å². The maximum atomic E-state index is 12.5. The number of phenolic OH excluding ortho intramolecular Hbond substituents is 1. The second kappa shape index (κ2) is 11.0. The first-order chi connectivity index (χ1) is 19.1. The molecule has 40 heavy (non-hydrogen) atoms. The highest BCUT2D eigenvalue weighted by Crippen LogP contribution is 2.60. The zero-order chi connectivity index (χ0) is 28.5. The summed E-state index contributed by atoms with van der Waals surface area (Å²) >= 11 is 0. The van der Waals surface area contributed by atoms with Gasteiger partial charge in [-0.2, -0.15) is 10.2 Å². The average Bonchev–Trinajstić information content (AvgIpc) is 2.89. The van der Waals surface area contributed by atoms with Crippen LogP contribution in [-0.4, -0.2) is 53.0 Å². The molecule has 4 N–H and O–H groups in total. The third-order valence-electron chi connectivity index (χ3n) is 8.56. The maximum Gasteiger partial charge on any atom is 0.407 e. The lowest BCUT2D eigenvalue weighted by atomic mass is 9.48. The molecular formula is C30H40N6O4. The molecule has 0 saturated heterocycles. The van der Waals surface area contributed by atoms with E-state index >= 15 is 0 Å².